The van der Waals surface area contributed by atoms with E-state index in [0.717, 1.165) is 25.6 Å². The molecule has 0 heterocycles. The Labute approximate surface area is 106 Å². The van der Waals surface area contributed by atoms with Crippen molar-refractivity contribution in [2.24, 2.45) is 11.8 Å². The zero-order valence-corrected chi connectivity index (χ0v) is 11.4. The molecule has 0 aromatic heterocycles. The van der Waals surface area contributed by atoms with Crippen LogP contribution in [0.15, 0.2) is 0 Å². The molecule has 0 atom stereocenters. The summed E-state index contributed by atoms with van der Waals surface area (Å²) in [6, 6.07) is 0. The molecule has 1 aliphatic rings. The quantitative estimate of drug-likeness (QED) is 0.671. The largest absolute Gasteiger partial charge is 0.356 e. The van der Waals surface area contributed by atoms with Gasteiger partial charge in [0.05, 0.1) is 0 Å². The van der Waals surface area contributed by atoms with E-state index in [1.54, 1.807) is 0 Å². The summed E-state index contributed by atoms with van der Waals surface area (Å²) in [5, 5.41) is 6.35. The number of amides is 1. The van der Waals surface area contributed by atoms with E-state index in [4.69, 9.17) is 0 Å². The van der Waals surface area contributed by atoms with Crippen LogP contribution in [0.3, 0.4) is 0 Å². The van der Waals surface area contributed by atoms with Crippen LogP contribution < -0.4 is 10.6 Å². The highest BCUT2D eigenvalue weighted by Gasteiger charge is 2.12. The lowest BCUT2D eigenvalue weighted by Gasteiger charge is -2.21. The topological polar surface area (TPSA) is 41.1 Å². The van der Waals surface area contributed by atoms with Gasteiger partial charge >= 0.3 is 0 Å². The molecule has 0 unspecified atom stereocenters. The van der Waals surface area contributed by atoms with Gasteiger partial charge in [0, 0.05) is 19.5 Å². The van der Waals surface area contributed by atoms with Gasteiger partial charge in [0.15, 0.2) is 0 Å². The SMILES string of the molecule is CC(C)CNC(=O)CCNCC1CCCCC1. The van der Waals surface area contributed by atoms with Gasteiger partial charge in [-0.2, -0.15) is 0 Å². The second kappa shape index (κ2) is 8.51. The molecule has 0 bridgehead atoms. The highest BCUT2D eigenvalue weighted by molar-refractivity contribution is 5.76. The molecule has 3 heteroatoms. The molecule has 1 saturated carbocycles. The van der Waals surface area contributed by atoms with Gasteiger partial charge in [-0.3, -0.25) is 4.79 Å². The fourth-order valence-electron chi connectivity index (χ4n) is 2.31. The molecule has 17 heavy (non-hydrogen) atoms. The zero-order chi connectivity index (χ0) is 12.5. The Bertz CT molecular complexity index is 210. The molecule has 100 valence electrons. The van der Waals surface area contributed by atoms with E-state index >= 15 is 0 Å². The lowest BCUT2D eigenvalue weighted by atomic mass is 9.89. The number of carbonyl (C=O) groups is 1. The molecule has 1 aliphatic carbocycles. The minimum atomic E-state index is 0.176. The van der Waals surface area contributed by atoms with Gasteiger partial charge in [-0.15, -0.1) is 0 Å². The van der Waals surface area contributed by atoms with Crippen molar-refractivity contribution in [3.8, 4) is 0 Å². The molecular weight excluding hydrogens is 212 g/mol. The van der Waals surface area contributed by atoms with E-state index in [9.17, 15) is 4.79 Å². The first-order chi connectivity index (χ1) is 8.18. The van der Waals surface area contributed by atoms with Crippen LogP contribution in [0.2, 0.25) is 0 Å². The van der Waals surface area contributed by atoms with Crippen molar-refractivity contribution in [2.45, 2.75) is 52.4 Å². The Morgan fingerprint density at radius 3 is 2.59 bits per heavy atom. The van der Waals surface area contributed by atoms with Crippen LogP contribution in [0.4, 0.5) is 0 Å². The van der Waals surface area contributed by atoms with Crippen molar-refractivity contribution in [3.05, 3.63) is 0 Å². The molecule has 0 spiro atoms. The average Bonchev–Trinajstić information content (AvgIpc) is 2.33. The third kappa shape index (κ3) is 7.37. The molecule has 3 nitrogen and oxygen atoms in total. The van der Waals surface area contributed by atoms with Crippen LogP contribution in [-0.2, 0) is 4.79 Å². The Kier molecular flexibility index (Phi) is 7.25. The molecule has 0 saturated heterocycles. The Morgan fingerprint density at radius 1 is 1.24 bits per heavy atom. The number of carbonyl (C=O) groups excluding carboxylic acids is 1. The Hall–Kier alpha value is -0.570. The van der Waals surface area contributed by atoms with Crippen LogP contribution in [0.1, 0.15) is 52.4 Å². The maximum absolute atomic E-state index is 11.4. The number of hydrogen-bond acceptors (Lipinski definition) is 2. The van der Waals surface area contributed by atoms with E-state index in [1.165, 1.54) is 32.1 Å². The van der Waals surface area contributed by atoms with Crippen LogP contribution in [-0.4, -0.2) is 25.5 Å². The Morgan fingerprint density at radius 2 is 1.94 bits per heavy atom. The molecule has 0 aromatic carbocycles. The van der Waals surface area contributed by atoms with Gasteiger partial charge in [0.2, 0.25) is 5.91 Å². The van der Waals surface area contributed by atoms with E-state index in [0.29, 0.717) is 12.3 Å². The summed E-state index contributed by atoms with van der Waals surface area (Å²) in [6.07, 6.45) is 7.54. The second-order valence-electron chi connectivity index (χ2n) is 5.66. The van der Waals surface area contributed by atoms with Crippen molar-refractivity contribution in [2.75, 3.05) is 19.6 Å². The summed E-state index contributed by atoms with van der Waals surface area (Å²) in [5.41, 5.74) is 0. The maximum Gasteiger partial charge on any atom is 0.221 e. The molecule has 2 N–H and O–H groups in total. The number of rotatable bonds is 7. The minimum Gasteiger partial charge on any atom is -0.356 e. The summed E-state index contributed by atoms with van der Waals surface area (Å²) < 4.78 is 0. The summed E-state index contributed by atoms with van der Waals surface area (Å²) in [7, 11) is 0. The van der Waals surface area contributed by atoms with Gasteiger partial charge in [0.25, 0.3) is 0 Å². The third-order valence-corrected chi connectivity index (χ3v) is 3.39. The van der Waals surface area contributed by atoms with Crippen molar-refractivity contribution in [3.63, 3.8) is 0 Å². The molecule has 0 aliphatic heterocycles. The molecular formula is C14H28N2O. The van der Waals surface area contributed by atoms with Gasteiger partial charge in [-0.25, -0.2) is 0 Å². The van der Waals surface area contributed by atoms with Gasteiger partial charge in [-0.1, -0.05) is 33.1 Å². The van der Waals surface area contributed by atoms with Crippen LogP contribution in [0, 0.1) is 11.8 Å². The monoisotopic (exact) mass is 240 g/mol. The number of hydrogen-bond donors (Lipinski definition) is 2. The first kappa shape index (κ1) is 14.5. The van der Waals surface area contributed by atoms with Crippen molar-refractivity contribution >= 4 is 5.91 Å². The first-order valence-corrected chi connectivity index (χ1v) is 7.16. The summed E-state index contributed by atoms with van der Waals surface area (Å²) in [5.74, 6) is 1.56. The molecule has 1 amide bonds. The minimum absolute atomic E-state index is 0.176. The van der Waals surface area contributed by atoms with Crippen molar-refractivity contribution in [1.29, 1.82) is 0 Å². The molecule has 1 fully saturated rings. The van der Waals surface area contributed by atoms with Crippen molar-refractivity contribution < 1.29 is 4.79 Å². The van der Waals surface area contributed by atoms with E-state index < -0.39 is 0 Å². The van der Waals surface area contributed by atoms with E-state index in [-0.39, 0.29) is 5.91 Å². The second-order valence-corrected chi connectivity index (χ2v) is 5.66. The third-order valence-electron chi connectivity index (χ3n) is 3.39. The average molecular weight is 240 g/mol. The van der Waals surface area contributed by atoms with Crippen LogP contribution in [0.5, 0.6) is 0 Å². The van der Waals surface area contributed by atoms with Gasteiger partial charge in [0.1, 0.15) is 0 Å². The van der Waals surface area contributed by atoms with Crippen LogP contribution >= 0.6 is 0 Å². The zero-order valence-electron chi connectivity index (χ0n) is 11.4. The molecule has 0 aromatic rings. The van der Waals surface area contributed by atoms with E-state index in [2.05, 4.69) is 24.5 Å². The predicted molar refractivity (Wildman–Crippen MR) is 71.9 cm³/mol. The standard InChI is InChI=1S/C14H28N2O/c1-12(2)10-16-14(17)8-9-15-11-13-6-4-3-5-7-13/h12-13,15H,3-11H2,1-2H3,(H,16,17). The summed E-state index contributed by atoms with van der Waals surface area (Å²) in [4.78, 5) is 11.4. The Balaban J connectivity index is 1.94. The molecule has 0 radical (unpaired) electrons. The summed E-state index contributed by atoms with van der Waals surface area (Å²) >= 11 is 0. The van der Waals surface area contributed by atoms with E-state index in [1.807, 2.05) is 0 Å². The fourth-order valence-corrected chi connectivity index (χ4v) is 2.31. The lowest BCUT2D eigenvalue weighted by Crippen LogP contribution is -2.32. The van der Waals surface area contributed by atoms with Crippen molar-refractivity contribution in [1.82, 2.24) is 10.6 Å². The smallest absolute Gasteiger partial charge is 0.221 e. The summed E-state index contributed by atoms with van der Waals surface area (Å²) in [6.45, 7) is 6.93. The van der Waals surface area contributed by atoms with Gasteiger partial charge < -0.3 is 10.6 Å². The highest BCUT2D eigenvalue weighted by Crippen LogP contribution is 2.22. The fraction of sp³-hybridized carbons (Fsp3) is 0.929. The first-order valence-electron chi connectivity index (χ1n) is 7.16. The predicted octanol–water partition coefficient (Wildman–Crippen LogP) is 2.32. The molecule has 1 rings (SSSR count). The highest BCUT2D eigenvalue weighted by atomic mass is 16.1. The van der Waals surface area contributed by atoms with Gasteiger partial charge in [-0.05, 0) is 31.2 Å². The normalized spacial score (nSPS) is 17.4. The maximum atomic E-state index is 11.4. The number of nitrogens with one attached hydrogen (secondary N) is 2. The lowest BCUT2D eigenvalue weighted by molar-refractivity contribution is -0.121. The van der Waals surface area contributed by atoms with Crippen LogP contribution in [0.25, 0.3) is 0 Å².